The molecule has 7 heteroatoms. The van der Waals surface area contributed by atoms with Gasteiger partial charge in [0.05, 0.1) is 17.4 Å². The van der Waals surface area contributed by atoms with Crippen molar-refractivity contribution in [1.82, 2.24) is 4.31 Å². The Balaban J connectivity index is 1.94. The Bertz CT molecular complexity index is 687. The third-order valence-corrected chi connectivity index (χ3v) is 6.55. The summed E-state index contributed by atoms with van der Waals surface area (Å²) in [4.78, 5) is 11.5. The van der Waals surface area contributed by atoms with Crippen LogP contribution in [0.1, 0.15) is 24.8 Å². The van der Waals surface area contributed by atoms with Crippen LogP contribution in [-0.4, -0.2) is 43.0 Å². The number of rotatable bonds is 5. The first-order valence-electron chi connectivity index (χ1n) is 7.29. The number of aliphatic carboxylic acids is 1. The number of carboxylic acids is 1. The molecule has 1 N–H and O–H groups in total. The lowest BCUT2D eigenvalue weighted by Crippen LogP contribution is -2.37. The molecule has 0 aliphatic carbocycles. The van der Waals surface area contributed by atoms with E-state index in [0.717, 1.165) is 12.0 Å². The SMILES string of the molecule is COCc1cccc(S(=O)(=O)N2[C@H]3CC[C@H]2[C@@H](C(=O)O)C3)c1. The fourth-order valence-electron chi connectivity index (χ4n) is 3.66. The predicted octanol–water partition coefficient (Wildman–Crippen LogP) is 1.46. The predicted molar refractivity (Wildman–Crippen MR) is 78.7 cm³/mol. The van der Waals surface area contributed by atoms with E-state index >= 15 is 0 Å². The number of methoxy groups -OCH3 is 1. The number of hydrogen-bond acceptors (Lipinski definition) is 4. The minimum atomic E-state index is -3.67. The van der Waals surface area contributed by atoms with Gasteiger partial charge < -0.3 is 9.84 Å². The summed E-state index contributed by atoms with van der Waals surface area (Å²) in [6, 6.07) is 6.05. The number of benzene rings is 1. The van der Waals surface area contributed by atoms with Crippen molar-refractivity contribution in [3.63, 3.8) is 0 Å². The maximum Gasteiger partial charge on any atom is 0.308 e. The Kier molecular flexibility index (Phi) is 3.96. The summed E-state index contributed by atoms with van der Waals surface area (Å²) in [6.45, 7) is 0.341. The van der Waals surface area contributed by atoms with E-state index in [1.54, 1.807) is 31.4 Å². The van der Waals surface area contributed by atoms with Crippen molar-refractivity contribution in [3.05, 3.63) is 29.8 Å². The van der Waals surface area contributed by atoms with Crippen LogP contribution in [0.3, 0.4) is 0 Å². The van der Waals surface area contributed by atoms with E-state index in [-0.39, 0.29) is 10.9 Å². The minimum Gasteiger partial charge on any atom is -0.481 e. The average molecular weight is 325 g/mol. The Morgan fingerprint density at radius 3 is 2.82 bits per heavy atom. The molecule has 0 aromatic heterocycles. The van der Waals surface area contributed by atoms with Crippen LogP contribution in [0.25, 0.3) is 0 Å². The van der Waals surface area contributed by atoms with E-state index < -0.39 is 28.0 Å². The summed E-state index contributed by atoms with van der Waals surface area (Å²) in [6.07, 6.45) is 1.78. The smallest absolute Gasteiger partial charge is 0.308 e. The first kappa shape index (κ1) is 15.5. The second-order valence-electron chi connectivity index (χ2n) is 5.89. The minimum absolute atomic E-state index is 0.192. The second kappa shape index (κ2) is 5.64. The molecule has 2 aliphatic heterocycles. The van der Waals surface area contributed by atoms with Crippen molar-refractivity contribution in [2.75, 3.05) is 7.11 Å². The number of ether oxygens (including phenoxy) is 1. The Morgan fingerprint density at radius 2 is 2.18 bits per heavy atom. The Morgan fingerprint density at radius 1 is 1.41 bits per heavy atom. The molecular formula is C15H19NO5S. The standard InChI is InChI=1S/C15H19NO5S/c1-21-9-10-3-2-4-12(7-10)22(19,20)16-11-5-6-14(16)13(8-11)15(17)18/h2-4,7,11,13-14H,5-6,8-9H2,1H3,(H,17,18)/t11-,13-,14-/m0/s1. The van der Waals surface area contributed by atoms with Gasteiger partial charge in [0.15, 0.2) is 0 Å². The summed E-state index contributed by atoms with van der Waals surface area (Å²) in [5.74, 6) is -1.49. The topological polar surface area (TPSA) is 83.9 Å². The zero-order valence-corrected chi connectivity index (χ0v) is 13.1. The monoisotopic (exact) mass is 325 g/mol. The van der Waals surface area contributed by atoms with Gasteiger partial charge in [-0.2, -0.15) is 4.31 Å². The fourth-order valence-corrected chi connectivity index (χ4v) is 5.65. The highest BCUT2D eigenvalue weighted by atomic mass is 32.2. The van der Waals surface area contributed by atoms with E-state index in [1.807, 2.05) is 0 Å². The molecule has 2 aliphatic rings. The lowest BCUT2D eigenvalue weighted by Gasteiger charge is -2.22. The zero-order valence-electron chi connectivity index (χ0n) is 12.3. The maximum absolute atomic E-state index is 12.9. The van der Waals surface area contributed by atoms with E-state index in [0.29, 0.717) is 19.4 Å². The van der Waals surface area contributed by atoms with Crippen molar-refractivity contribution in [2.45, 2.75) is 42.8 Å². The number of sulfonamides is 1. The summed E-state index contributed by atoms with van der Waals surface area (Å²) >= 11 is 0. The summed E-state index contributed by atoms with van der Waals surface area (Å²) in [5.41, 5.74) is 0.782. The molecule has 0 spiro atoms. The van der Waals surface area contributed by atoms with Crippen molar-refractivity contribution in [2.24, 2.45) is 5.92 Å². The molecule has 3 rings (SSSR count). The number of hydrogen-bond donors (Lipinski definition) is 1. The molecule has 1 aromatic carbocycles. The third-order valence-electron chi connectivity index (χ3n) is 4.57. The van der Waals surface area contributed by atoms with Crippen molar-refractivity contribution >= 4 is 16.0 Å². The first-order chi connectivity index (χ1) is 10.4. The van der Waals surface area contributed by atoms with E-state index in [9.17, 15) is 18.3 Å². The van der Waals surface area contributed by atoms with E-state index in [2.05, 4.69) is 0 Å². The van der Waals surface area contributed by atoms with Gasteiger partial charge in [0.25, 0.3) is 0 Å². The molecule has 22 heavy (non-hydrogen) atoms. The largest absolute Gasteiger partial charge is 0.481 e. The van der Waals surface area contributed by atoms with Crippen LogP contribution in [0.4, 0.5) is 0 Å². The molecule has 2 saturated heterocycles. The average Bonchev–Trinajstić information content (AvgIpc) is 3.06. The summed E-state index contributed by atoms with van der Waals surface area (Å²) in [7, 11) is -2.11. The molecule has 1 aromatic rings. The van der Waals surface area contributed by atoms with Gasteiger partial charge in [0, 0.05) is 19.2 Å². The highest BCUT2D eigenvalue weighted by molar-refractivity contribution is 7.89. The van der Waals surface area contributed by atoms with Crippen LogP contribution >= 0.6 is 0 Å². The van der Waals surface area contributed by atoms with E-state index in [4.69, 9.17) is 4.74 Å². The maximum atomic E-state index is 12.9. The summed E-state index contributed by atoms with van der Waals surface area (Å²) < 4.78 is 32.3. The number of carbonyl (C=O) groups is 1. The highest BCUT2D eigenvalue weighted by Crippen LogP contribution is 2.45. The Hall–Kier alpha value is -1.44. The van der Waals surface area contributed by atoms with E-state index in [1.165, 1.54) is 4.31 Å². The van der Waals surface area contributed by atoms with Gasteiger partial charge in [-0.25, -0.2) is 8.42 Å². The molecule has 6 nitrogen and oxygen atoms in total. The molecule has 120 valence electrons. The number of nitrogens with zero attached hydrogens (tertiary/aromatic N) is 1. The molecule has 2 bridgehead atoms. The fraction of sp³-hybridized carbons (Fsp3) is 0.533. The zero-order chi connectivity index (χ0) is 15.9. The molecule has 0 saturated carbocycles. The van der Waals surface area contributed by atoms with Gasteiger partial charge in [0.1, 0.15) is 0 Å². The van der Waals surface area contributed by atoms with Crippen molar-refractivity contribution < 1.29 is 23.1 Å². The molecule has 0 amide bonds. The van der Waals surface area contributed by atoms with Crippen LogP contribution in [0, 0.1) is 5.92 Å². The molecule has 3 atom stereocenters. The summed E-state index contributed by atoms with van der Waals surface area (Å²) in [5, 5.41) is 9.27. The number of carboxylic acid groups (broad SMARTS) is 1. The second-order valence-corrected chi connectivity index (χ2v) is 7.74. The molecule has 2 heterocycles. The quantitative estimate of drug-likeness (QED) is 0.886. The third kappa shape index (κ3) is 2.43. The lowest BCUT2D eigenvalue weighted by molar-refractivity contribution is -0.142. The van der Waals surface area contributed by atoms with Crippen LogP contribution in [0.15, 0.2) is 29.2 Å². The van der Waals surface area contributed by atoms with Gasteiger partial charge in [-0.1, -0.05) is 12.1 Å². The van der Waals surface area contributed by atoms with Crippen LogP contribution < -0.4 is 0 Å². The number of fused-ring (bicyclic) bond motifs is 2. The Labute approximate surface area is 129 Å². The first-order valence-corrected chi connectivity index (χ1v) is 8.73. The van der Waals surface area contributed by atoms with Crippen LogP contribution in [-0.2, 0) is 26.2 Å². The van der Waals surface area contributed by atoms with Crippen molar-refractivity contribution in [3.8, 4) is 0 Å². The molecular weight excluding hydrogens is 306 g/mol. The lowest BCUT2D eigenvalue weighted by atomic mass is 9.89. The highest BCUT2D eigenvalue weighted by Gasteiger charge is 2.54. The van der Waals surface area contributed by atoms with Gasteiger partial charge in [-0.3, -0.25) is 4.79 Å². The van der Waals surface area contributed by atoms with Gasteiger partial charge in [-0.15, -0.1) is 0 Å². The van der Waals surface area contributed by atoms with Gasteiger partial charge in [-0.05, 0) is 37.0 Å². The molecule has 2 fully saturated rings. The normalized spacial score (nSPS) is 28.1. The van der Waals surface area contributed by atoms with Gasteiger partial charge in [0.2, 0.25) is 10.0 Å². The van der Waals surface area contributed by atoms with Crippen molar-refractivity contribution in [1.29, 1.82) is 0 Å². The molecule has 0 unspecified atom stereocenters. The van der Waals surface area contributed by atoms with Gasteiger partial charge >= 0.3 is 5.97 Å². The molecule has 0 radical (unpaired) electrons. The van der Waals surface area contributed by atoms with Crippen LogP contribution in [0.2, 0.25) is 0 Å². The van der Waals surface area contributed by atoms with Crippen LogP contribution in [0.5, 0.6) is 0 Å².